The number of carbonyl (C=O) groups excluding carboxylic acids is 2. The van der Waals surface area contributed by atoms with Crippen molar-refractivity contribution in [2.75, 3.05) is 19.6 Å². The highest BCUT2D eigenvalue weighted by molar-refractivity contribution is 5.86. The molecule has 1 aliphatic heterocycles. The molecule has 0 bridgehead atoms. The van der Waals surface area contributed by atoms with Gasteiger partial charge in [-0.2, -0.15) is 0 Å². The number of hydrogen-bond acceptors (Lipinski definition) is 2. The van der Waals surface area contributed by atoms with Crippen molar-refractivity contribution in [1.29, 1.82) is 0 Å². The number of hydrogen-bond donors (Lipinski definition) is 1. The van der Waals surface area contributed by atoms with Gasteiger partial charge in [0.25, 0.3) is 0 Å². The van der Waals surface area contributed by atoms with Gasteiger partial charge in [0.15, 0.2) is 0 Å². The smallest absolute Gasteiger partial charge is 0.239 e. The lowest BCUT2D eigenvalue weighted by molar-refractivity contribution is -0.137. The quantitative estimate of drug-likeness (QED) is 0.913. The molecule has 1 aliphatic rings. The first-order chi connectivity index (χ1) is 10.2. The summed E-state index contributed by atoms with van der Waals surface area (Å²) in [5.41, 5.74) is 2.02. The van der Waals surface area contributed by atoms with Gasteiger partial charge in [0.05, 0.1) is 13.0 Å². The fourth-order valence-electron chi connectivity index (χ4n) is 2.43. The molecular formula is C16H17N3O2. The number of amides is 2. The van der Waals surface area contributed by atoms with Gasteiger partial charge in [0.1, 0.15) is 0 Å². The van der Waals surface area contributed by atoms with Crippen LogP contribution in [-0.2, 0) is 16.0 Å². The highest BCUT2D eigenvalue weighted by Gasteiger charge is 2.20. The van der Waals surface area contributed by atoms with Gasteiger partial charge in [-0.25, -0.2) is 0 Å². The number of aromatic nitrogens is 1. The number of nitrogens with one attached hydrogen (secondary N) is 1. The zero-order valence-corrected chi connectivity index (χ0v) is 11.7. The Labute approximate surface area is 123 Å². The minimum Gasteiger partial charge on any atom is -0.353 e. The third kappa shape index (κ3) is 3.13. The summed E-state index contributed by atoms with van der Waals surface area (Å²) >= 11 is 0. The minimum absolute atomic E-state index is 0.00133. The molecule has 1 fully saturated rings. The second-order valence-corrected chi connectivity index (χ2v) is 5.10. The highest BCUT2D eigenvalue weighted by atomic mass is 16.2. The fourth-order valence-corrected chi connectivity index (χ4v) is 2.43. The summed E-state index contributed by atoms with van der Waals surface area (Å²) < 4.78 is 2.01. The molecule has 2 heterocycles. The standard InChI is InChI=1S/C16H17N3O2/c20-15-12-19(10-7-17-15)16(21)11-13-3-5-14(6-4-13)18-8-1-2-9-18/h1-6,8-9H,7,10-12H2,(H,17,20). The lowest BCUT2D eigenvalue weighted by Gasteiger charge is -2.26. The maximum atomic E-state index is 12.2. The van der Waals surface area contributed by atoms with Crippen LogP contribution in [0.15, 0.2) is 48.8 Å². The molecular weight excluding hydrogens is 266 g/mol. The Morgan fingerprint density at radius 1 is 1.14 bits per heavy atom. The van der Waals surface area contributed by atoms with Crippen molar-refractivity contribution in [3.05, 3.63) is 54.4 Å². The number of benzene rings is 1. The first-order valence-corrected chi connectivity index (χ1v) is 6.99. The zero-order chi connectivity index (χ0) is 14.7. The van der Waals surface area contributed by atoms with Crippen LogP contribution in [0.1, 0.15) is 5.56 Å². The summed E-state index contributed by atoms with van der Waals surface area (Å²) in [6.07, 6.45) is 4.29. The molecule has 0 unspecified atom stereocenters. The Hall–Kier alpha value is -2.56. The summed E-state index contributed by atoms with van der Waals surface area (Å²) in [5.74, 6) is -0.0869. The van der Waals surface area contributed by atoms with E-state index in [9.17, 15) is 9.59 Å². The van der Waals surface area contributed by atoms with Crippen LogP contribution in [0, 0.1) is 0 Å². The van der Waals surface area contributed by atoms with Crippen LogP contribution < -0.4 is 5.32 Å². The van der Waals surface area contributed by atoms with Crippen molar-refractivity contribution in [1.82, 2.24) is 14.8 Å². The van der Waals surface area contributed by atoms with E-state index in [1.54, 1.807) is 4.90 Å². The first kappa shape index (κ1) is 13.4. The number of nitrogens with zero attached hydrogens (tertiary/aromatic N) is 2. The van der Waals surface area contributed by atoms with Crippen molar-refractivity contribution >= 4 is 11.8 Å². The molecule has 1 saturated heterocycles. The third-order valence-corrected chi connectivity index (χ3v) is 3.59. The molecule has 108 valence electrons. The van der Waals surface area contributed by atoms with E-state index in [1.165, 1.54) is 0 Å². The molecule has 0 aliphatic carbocycles. The van der Waals surface area contributed by atoms with Crippen molar-refractivity contribution in [3.63, 3.8) is 0 Å². The predicted molar refractivity (Wildman–Crippen MR) is 79.1 cm³/mol. The molecule has 21 heavy (non-hydrogen) atoms. The van der Waals surface area contributed by atoms with Crippen molar-refractivity contribution in [2.24, 2.45) is 0 Å². The Bertz CT molecular complexity index is 632. The average Bonchev–Trinajstić information content (AvgIpc) is 3.02. The predicted octanol–water partition coefficient (Wildman–Crippen LogP) is 0.978. The van der Waals surface area contributed by atoms with E-state index in [4.69, 9.17) is 0 Å². The topological polar surface area (TPSA) is 54.3 Å². The first-order valence-electron chi connectivity index (χ1n) is 6.99. The Morgan fingerprint density at radius 3 is 2.52 bits per heavy atom. The van der Waals surface area contributed by atoms with Crippen LogP contribution in [-0.4, -0.2) is 40.9 Å². The summed E-state index contributed by atoms with van der Waals surface area (Å²) in [4.78, 5) is 25.1. The molecule has 1 N–H and O–H groups in total. The maximum Gasteiger partial charge on any atom is 0.239 e. The molecule has 2 aromatic rings. The second-order valence-electron chi connectivity index (χ2n) is 5.10. The molecule has 0 radical (unpaired) electrons. The summed E-state index contributed by atoms with van der Waals surface area (Å²) in [7, 11) is 0. The molecule has 0 spiro atoms. The highest BCUT2D eigenvalue weighted by Crippen LogP contribution is 2.11. The molecule has 1 aromatic carbocycles. The van der Waals surface area contributed by atoms with Crippen molar-refractivity contribution in [2.45, 2.75) is 6.42 Å². The van der Waals surface area contributed by atoms with Gasteiger partial charge in [0, 0.05) is 31.2 Å². The molecule has 1 aromatic heterocycles. The minimum atomic E-state index is -0.0856. The second kappa shape index (κ2) is 5.83. The van der Waals surface area contributed by atoms with Gasteiger partial charge in [0.2, 0.25) is 11.8 Å². The van der Waals surface area contributed by atoms with Crippen LogP contribution in [0.3, 0.4) is 0 Å². The average molecular weight is 283 g/mol. The molecule has 2 amide bonds. The van der Waals surface area contributed by atoms with Crippen molar-refractivity contribution < 1.29 is 9.59 Å². The van der Waals surface area contributed by atoms with Gasteiger partial charge < -0.3 is 14.8 Å². The summed E-state index contributed by atoms with van der Waals surface area (Å²) in [5, 5.41) is 2.72. The van der Waals surface area contributed by atoms with Crippen LogP contribution >= 0.6 is 0 Å². The monoisotopic (exact) mass is 283 g/mol. The zero-order valence-electron chi connectivity index (χ0n) is 11.7. The van der Waals surface area contributed by atoms with Gasteiger partial charge in [-0.05, 0) is 29.8 Å². The number of piperazine rings is 1. The Balaban J connectivity index is 1.65. The van der Waals surface area contributed by atoms with E-state index in [2.05, 4.69) is 5.32 Å². The molecule has 5 nitrogen and oxygen atoms in total. The Morgan fingerprint density at radius 2 is 1.86 bits per heavy atom. The van der Waals surface area contributed by atoms with Crippen LogP contribution in [0.5, 0.6) is 0 Å². The molecule has 0 atom stereocenters. The summed E-state index contributed by atoms with van der Waals surface area (Å²) in [6.45, 7) is 1.30. The lowest BCUT2D eigenvalue weighted by atomic mass is 10.1. The lowest BCUT2D eigenvalue weighted by Crippen LogP contribution is -2.50. The van der Waals surface area contributed by atoms with Gasteiger partial charge in [-0.1, -0.05) is 12.1 Å². The fraction of sp³-hybridized carbons (Fsp3) is 0.250. The summed E-state index contributed by atoms with van der Waals surface area (Å²) in [6, 6.07) is 11.8. The van der Waals surface area contributed by atoms with Crippen LogP contribution in [0.25, 0.3) is 5.69 Å². The van der Waals surface area contributed by atoms with Gasteiger partial charge in [-0.15, -0.1) is 0 Å². The van der Waals surface area contributed by atoms with Gasteiger partial charge in [-0.3, -0.25) is 9.59 Å². The number of carbonyl (C=O) groups is 2. The molecule has 3 rings (SSSR count). The molecule has 5 heteroatoms. The molecule has 0 saturated carbocycles. The van der Waals surface area contributed by atoms with E-state index < -0.39 is 0 Å². The third-order valence-electron chi connectivity index (χ3n) is 3.59. The SMILES string of the molecule is O=C1CN(C(=O)Cc2ccc(-n3cccc3)cc2)CCN1. The Kier molecular flexibility index (Phi) is 3.73. The normalized spacial score (nSPS) is 14.9. The number of rotatable bonds is 3. The van der Waals surface area contributed by atoms with Crippen molar-refractivity contribution in [3.8, 4) is 5.69 Å². The van der Waals surface area contributed by atoms with E-state index in [0.29, 0.717) is 19.5 Å². The van der Waals surface area contributed by atoms with E-state index in [0.717, 1.165) is 11.3 Å². The largest absolute Gasteiger partial charge is 0.353 e. The van der Waals surface area contributed by atoms with E-state index in [1.807, 2.05) is 53.4 Å². The van der Waals surface area contributed by atoms with Crippen LogP contribution in [0.4, 0.5) is 0 Å². The van der Waals surface area contributed by atoms with Crippen LogP contribution in [0.2, 0.25) is 0 Å². The van der Waals surface area contributed by atoms with Gasteiger partial charge >= 0.3 is 0 Å². The van der Waals surface area contributed by atoms with E-state index >= 15 is 0 Å². The van der Waals surface area contributed by atoms with E-state index in [-0.39, 0.29) is 18.4 Å². The maximum absolute atomic E-state index is 12.2.